The third-order valence-electron chi connectivity index (χ3n) is 10.0. The number of phenols is 2. The molecular formula is C37H40O8S2. The monoisotopic (exact) mass is 676 g/mol. The summed E-state index contributed by atoms with van der Waals surface area (Å²) in [5.74, 6) is 9.94. The minimum absolute atomic E-state index is 0.103. The van der Waals surface area contributed by atoms with E-state index in [1.54, 1.807) is 33.7 Å². The van der Waals surface area contributed by atoms with Crippen molar-refractivity contribution in [1.82, 2.24) is 0 Å². The number of fused-ring (bicyclic) bond motifs is 7. The maximum atomic E-state index is 12.5. The molecule has 3 aromatic rings. The fraction of sp³-hybridized carbons (Fsp3) is 0.459. The highest BCUT2D eigenvalue weighted by Gasteiger charge is 2.47. The number of benzene rings is 3. The second-order valence-corrected chi connectivity index (χ2v) is 15.4. The molecule has 47 heavy (non-hydrogen) atoms. The molecule has 2 heterocycles. The fourth-order valence-corrected chi connectivity index (χ4v) is 10.5. The topological polar surface area (TPSA) is 118 Å². The Morgan fingerprint density at radius 2 is 1.85 bits per heavy atom. The minimum atomic E-state index is -0.984. The van der Waals surface area contributed by atoms with E-state index in [4.69, 9.17) is 18.9 Å². The van der Waals surface area contributed by atoms with Crippen molar-refractivity contribution in [3.8, 4) is 57.5 Å². The van der Waals surface area contributed by atoms with E-state index < -0.39 is 18.1 Å². The van der Waals surface area contributed by atoms with Crippen molar-refractivity contribution in [2.45, 2.75) is 68.3 Å². The third-order valence-corrected chi connectivity index (χ3v) is 12.7. The van der Waals surface area contributed by atoms with E-state index in [2.05, 4.69) is 18.8 Å². The van der Waals surface area contributed by atoms with Crippen LogP contribution in [0.2, 0.25) is 0 Å². The molecule has 0 saturated heterocycles. The van der Waals surface area contributed by atoms with Gasteiger partial charge in [-0.25, -0.2) is 0 Å². The Kier molecular flexibility index (Phi) is 9.09. The molecule has 0 amide bonds. The summed E-state index contributed by atoms with van der Waals surface area (Å²) in [6, 6.07) is 9.17. The molecule has 4 aliphatic rings. The number of methoxy groups -OCH3 is 2. The van der Waals surface area contributed by atoms with Gasteiger partial charge in [0.15, 0.2) is 17.6 Å². The smallest absolute Gasteiger partial charge is 0.201 e. The highest BCUT2D eigenvalue weighted by molar-refractivity contribution is 8.77. The molecule has 0 radical (unpaired) electrons. The fourth-order valence-electron chi connectivity index (χ4n) is 7.72. The van der Waals surface area contributed by atoms with Crippen molar-refractivity contribution < 1.29 is 39.4 Å². The van der Waals surface area contributed by atoms with Gasteiger partial charge < -0.3 is 39.4 Å². The molecule has 0 unspecified atom stereocenters. The molecule has 248 valence electrons. The summed E-state index contributed by atoms with van der Waals surface area (Å²) < 4.78 is 24.3. The molecule has 3 aromatic carbocycles. The minimum Gasteiger partial charge on any atom is -0.508 e. The van der Waals surface area contributed by atoms with E-state index in [0.717, 1.165) is 52.8 Å². The van der Waals surface area contributed by atoms with Gasteiger partial charge in [-0.2, -0.15) is 0 Å². The number of hydrogen-bond donors (Lipinski definition) is 4. The number of phenolic OH excluding ortho intramolecular Hbond substituents is 2. The Morgan fingerprint density at radius 3 is 2.64 bits per heavy atom. The Labute approximate surface area is 283 Å². The van der Waals surface area contributed by atoms with Crippen molar-refractivity contribution in [3.05, 3.63) is 58.1 Å². The molecule has 0 spiro atoms. The Bertz CT molecular complexity index is 1750. The molecule has 0 saturated carbocycles. The second kappa shape index (κ2) is 13.3. The average Bonchev–Trinajstić information content (AvgIpc) is 3.10. The molecule has 2 aliphatic carbocycles. The summed E-state index contributed by atoms with van der Waals surface area (Å²) >= 11 is 0. The summed E-state index contributed by atoms with van der Waals surface area (Å²) in [5.41, 5.74) is 6.29. The highest BCUT2D eigenvalue weighted by atomic mass is 33.1. The van der Waals surface area contributed by atoms with Crippen LogP contribution in [0.1, 0.15) is 71.9 Å². The number of aromatic hydroxyl groups is 2. The third kappa shape index (κ3) is 5.65. The lowest BCUT2D eigenvalue weighted by atomic mass is 9.70. The molecular weight excluding hydrogens is 637 g/mol. The number of aliphatic hydroxyl groups is 2. The normalized spacial score (nSPS) is 25.8. The first kappa shape index (κ1) is 32.2. The first-order valence-corrected chi connectivity index (χ1v) is 18.6. The van der Waals surface area contributed by atoms with E-state index >= 15 is 0 Å². The molecule has 4 bridgehead atoms. The van der Waals surface area contributed by atoms with E-state index in [1.807, 2.05) is 18.2 Å². The van der Waals surface area contributed by atoms with Crippen LogP contribution in [0.5, 0.6) is 34.5 Å². The van der Waals surface area contributed by atoms with E-state index in [-0.39, 0.29) is 47.4 Å². The number of rotatable bonds is 5. The quantitative estimate of drug-likeness (QED) is 0.176. The van der Waals surface area contributed by atoms with E-state index in [0.29, 0.717) is 41.4 Å². The maximum absolute atomic E-state index is 12.5. The molecule has 0 fully saturated rings. The van der Waals surface area contributed by atoms with Crippen molar-refractivity contribution in [2.24, 2.45) is 5.92 Å². The second-order valence-electron chi connectivity index (χ2n) is 12.8. The molecule has 6 atom stereocenters. The molecule has 4 N–H and O–H groups in total. The molecule has 7 rings (SSSR count). The van der Waals surface area contributed by atoms with Crippen LogP contribution in [0.3, 0.4) is 0 Å². The van der Waals surface area contributed by atoms with Crippen LogP contribution in [0, 0.1) is 17.8 Å². The van der Waals surface area contributed by atoms with Crippen LogP contribution in [0.25, 0.3) is 11.1 Å². The zero-order valence-corrected chi connectivity index (χ0v) is 28.4. The Balaban J connectivity index is 1.51. The Morgan fingerprint density at radius 1 is 1.00 bits per heavy atom. The lowest BCUT2D eigenvalue weighted by Gasteiger charge is -2.42. The van der Waals surface area contributed by atoms with Gasteiger partial charge in [-0.15, -0.1) is 0 Å². The SMILES string of the molecule is COc1cc2c(c(OC)c1O)CC#C[C@@H]1SSCC[C@@H](C)CC[C@@H]3Cc4c(c(OCCO)cc5c4[C@H]1[C@@H](O)[C@H]2O5)-c1ccc(O)cc13. The van der Waals surface area contributed by atoms with Gasteiger partial charge in [-0.3, -0.25) is 0 Å². The molecule has 10 heteroatoms. The molecule has 8 nitrogen and oxygen atoms in total. The zero-order valence-electron chi connectivity index (χ0n) is 26.7. The summed E-state index contributed by atoms with van der Waals surface area (Å²) in [7, 11) is 6.49. The van der Waals surface area contributed by atoms with Gasteiger partial charge in [0.1, 0.15) is 30.0 Å². The summed E-state index contributed by atoms with van der Waals surface area (Å²) in [6.45, 7) is 2.26. The summed E-state index contributed by atoms with van der Waals surface area (Å²) in [4.78, 5) is 0. The lowest BCUT2D eigenvalue weighted by molar-refractivity contribution is 0.000885. The standard InChI is InChI=1S/C37H40O8S2/c1-19-7-8-20-15-26-31(22-10-9-21(39)16-24(20)22)27(44-13-12-38)18-28-32(26)33-30(47-46-14-11-19)6-4-5-23-25(37(45-28)35(33)41)17-29(42-2)34(40)36(23)43-3/h9-10,16-20,30,33,35,37-41H,5,7-8,11-15H2,1-3H3/t19-,20+,30-,33-,35+,37-/m0/s1. The average molecular weight is 677 g/mol. The van der Waals surface area contributed by atoms with Gasteiger partial charge in [0.2, 0.25) is 5.75 Å². The van der Waals surface area contributed by atoms with Crippen LogP contribution in [0.15, 0.2) is 30.3 Å². The zero-order chi connectivity index (χ0) is 32.8. The molecule has 0 aromatic heterocycles. The number of aliphatic hydroxyl groups excluding tert-OH is 2. The van der Waals surface area contributed by atoms with Gasteiger partial charge in [0, 0.05) is 46.4 Å². The van der Waals surface area contributed by atoms with Crippen LogP contribution >= 0.6 is 21.6 Å². The first-order chi connectivity index (χ1) is 22.8. The predicted octanol–water partition coefficient (Wildman–Crippen LogP) is 6.50. The lowest BCUT2D eigenvalue weighted by Crippen LogP contribution is -2.40. The largest absolute Gasteiger partial charge is 0.508 e. The summed E-state index contributed by atoms with van der Waals surface area (Å²) in [6.07, 6.45) is 2.28. The van der Waals surface area contributed by atoms with Crippen molar-refractivity contribution in [2.75, 3.05) is 33.2 Å². The van der Waals surface area contributed by atoms with Crippen molar-refractivity contribution in [3.63, 3.8) is 0 Å². The van der Waals surface area contributed by atoms with Gasteiger partial charge in [0.05, 0.1) is 26.1 Å². The summed E-state index contributed by atoms with van der Waals surface area (Å²) in [5, 5.41) is 43.6. The van der Waals surface area contributed by atoms with Gasteiger partial charge in [-0.1, -0.05) is 52.8 Å². The number of hydrogen-bond acceptors (Lipinski definition) is 10. The van der Waals surface area contributed by atoms with Crippen molar-refractivity contribution in [1.29, 1.82) is 0 Å². The van der Waals surface area contributed by atoms with E-state index in [1.165, 1.54) is 14.2 Å². The van der Waals surface area contributed by atoms with Crippen LogP contribution in [0.4, 0.5) is 0 Å². The first-order valence-electron chi connectivity index (χ1n) is 16.2. The van der Waals surface area contributed by atoms with E-state index in [9.17, 15) is 20.4 Å². The van der Waals surface area contributed by atoms with Crippen LogP contribution in [-0.4, -0.2) is 65.0 Å². The highest BCUT2D eigenvalue weighted by Crippen LogP contribution is 2.58. The van der Waals surface area contributed by atoms with Gasteiger partial charge >= 0.3 is 0 Å². The molecule has 2 aliphatic heterocycles. The van der Waals surface area contributed by atoms with Gasteiger partial charge in [0.25, 0.3) is 0 Å². The maximum Gasteiger partial charge on any atom is 0.201 e. The van der Waals surface area contributed by atoms with Crippen LogP contribution in [-0.2, 0) is 12.8 Å². The van der Waals surface area contributed by atoms with Gasteiger partial charge in [-0.05, 0) is 66.0 Å². The van der Waals surface area contributed by atoms with Crippen LogP contribution < -0.4 is 18.9 Å². The number of ether oxygens (including phenoxy) is 4. The predicted molar refractivity (Wildman–Crippen MR) is 184 cm³/mol. The Hall–Kier alpha value is -3.36. The van der Waals surface area contributed by atoms with Crippen molar-refractivity contribution >= 4 is 21.6 Å².